The predicted octanol–water partition coefficient (Wildman–Crippen LogP) is 4.34. The monoisotopic (exact) mass is 405 g/mol. The fraction of sp³-hybridized carbons (Fsp3) is 0.360. The number of ether oxygens (including phenoxy) is 2. The first-order valence-electron chi connectivity index (χ1n) is 10.4. The van der Waals surface area contributed by atoms with Gasteiger partial charge in [-0.25, -0.2) is 0 Å². The lowest BCUT2D eigenvalue weighted by atomic mass is 9.85. The summed E-state index contributed by atoms with van der Waals surface area (Å²) in [4.78, 5) is 2.24. The molecular formula is C25H27NO4. The Balaban J connectivity index is 1.83. The van der Waals surface area contributed by atoms with E-state index in [4.69, 9.17) is 9.47 Å². The molecule has 1 saturated carbocycles. The normalized spacial score (nSPS) is 15.2. The van der Waals surface area contributed by atoms with Gasteiger partial charge in [-0.05, 0) is 52.5 Å². The van der Waals surface area contributed by atoms with Crippen molar-refractivity contribution in [3.05, 3.63) is 52.6 Å². The third-order valence-corrected chi connectivity index (χ3v) is 6.58. The van der Waals surface area contributed by atoms with Gasteiger partial charge in [0.2, 0.25) is 0 Å². The predicted molar refractivity (Wildman–Crippen MR) is 118 cm³/mol. The SMILES string of the molecule is COc1cc2c3c(ccc2c(C2CC2)c1OC)-c1ccc(CO)c(CO)c1CN3C. The molecule has 2 N–H and O–H groups in total. The molecule has 1 aliphatic carbocycles. The minimum atomic E-state index is -0.0767. The van der Waals surface area contributed by atoms with E-state index in [1.165, 1.54) is 29.5 Å². The molecule has 5 heteroatoms. The van der Waals surface area contributed by atoms with Crippen LogP contribution in [0, 0.1) is 0 Å². The fourth-order valence-corrected chi connectivity index (χ4v) is 5.04. The fourth-order valence-electron chi connectivity index (χ4n) is 5.04. The number of anilines is 1. The third kappa shape index (κ3) is 2.69. The van der Waals surface area contributed by atoms with E-state index in [0.29, 0.717) is 12.5 Å². The molecule has 0 bridgehead atoms. The van der Waals surface area contributed by atoms with Crippen LogP contribution in [0.3, 0.4) is 0 Å². The van der Waals surface area contributed by atoms with E-state index in [1.807, 2.05) is 6.07 Å². The van der Waals surface area contributed by atoms with Gasteiger partial charge in [-0.15, -0.1) is 0 Å². The Morgan fingerprint density at radius 3 is 2.37 bits per heavy atom. The largest absolute Gasteiger partial charge is 0.493 e. The Kier molecular flexibility index (Phi) is 4.60. The Morgan fingerprint density at radius 2 is 1.73 bits per heavy atom. The average Bonchev–Trinajstić information content (AvgIpc) is 3.61. The maximum Gasteiger partial charge on any atom is 0.164 e. The molecule has 0 saturated heterocycles. The molecular weight excluding hydrogens is 378 g/mol. The Bertz CT molecular complexity index is 1150. The van der Waals surface area contributed by atoms with Crippen LogP contribution < -0.4 is 14.4 Å². The smallest absolute Gasteiger partial charge is 0.164 e. The average molecular weight is 405 g/mol. The molecule has 0 unspecified atom stereocenters. The molecule has 3 aromatic carbocycles. The van der Waals surface area contributed by atoms with Gasteiger partial charge in [0, 0.05) is 30.1 Å². The molecule has 156 valence electrons. The molecule has 3 aromatic rings. The summed E-state index contributed by atoms with van der Waals surface area (Å²) in [6.07, 6.45) is 2.36. The molecule has 0 amide bonds. The summed E-state index contributed by atoms with van der Waals surface area (Å²) in [5.41, 5.74) is 7.38. The minimum Gasteiger partial charge on any atom is -0.493 e. The first-order chi connectivity index (χ1) is 14.6. The number of aliphatic hydroxyl groups is 2. The van der Waals surface area contributed by atoms with Gasteiger partial charge in [0.25, 0.3) is 0 Å². The lowest BCUT2D eigenvalue weighted by Gasteiger charge is -2.33. The van der Waals surface area contributed by atoms with Gasteiger partial charge in [0.05, 0.1) is 33.1 Å². The van der Waals surface area contributed by atoms with Crippen LogP contribution in [0.2, 0.25) is 0 Å². The molecule has 1 heterocycles. The number of methoxy groups -OCH3 is 2. The van der Waals surface area contributed by atoms with E-state index >= 15 is 0 Å². The molecule has 2 aliphatic rings. The van der Waals surface area contributed by atoms with Crippen molar-refractivity contribution in [2.24, 2.45) is 0 Å². The van der Waals surface area contributed by atoms with Gasteiger partial charge in [-0.3, -0.25) is 0 Å². The third-order valence-electron chi connectivity index (χ3n) is 6.58. The van der Waals surface area contributed by atoms with Crippen LogP contribution in [0.5, 0.6) is 11.5 Å². The number of fused-ring (bicyclic) bond motifs is 5. The summed E-state index contributed by atoms with van der Waals surface area (Å²) in [6.45, 7) is 0.532. The number of hydrogen-bond donors (Lipinski definition) is 2. The number of hydrogen-bond acceptors (Lipinski definition) is 5. The molecule has 1 fully saturated rings. The quantitative estimate of drug-likeness (QED) is 0.661. The van der Waals surface area contributed by atoms with E-state index in [2.05, 4.69) is 36.2 Å². The molecule has 5 rings (SSSR count). The molecule has 1 aliphatic heterocycles. The van der Waals surface area contributed by atoms with Crippen molar-refractivity contribution in [1.82, 2.24) is 0 Å². The van der Waals surface area contributed by atoms with Crippen LogP contribution in [-0.4, -0.2) is 31.5 Å². The van der Waals surface area contributed by atoms with Crippen LogP contribution in [0.25, 0.3) is 21.9 Å². The summed E-state index contributed by atoms with van der Waals surface area (Å²) in [5, 5.41) is 22.1. The maximum absolute atomic E-state index is 9.98. The summed E-state index contributed by atoms with van der Waals surface area (Å²) in [7, 11) is 5.49. The van der Waals surface area contributed by atoms with Gasteiger partial charge in [-0.2, -0.15) is 0 Å². The van der Waals surface area contributed by atoms with Crippen LogP contribution >= 0.6 is 0 Å². The Morgan fingerprint density at radius 1 is 0.967 bits per heavy atom. The van der Waals surface area contributed by atoms with E-state index in [1.54, 1.807) is 14.2 Å². The summed E-state index contributed by atoms with van der Waals surface area (Å²) < 4.78 is 11.5. The second-order valence-corrected chi connectivity index (χ2v) is 8.26. The van der Waals surface area contributed by atoms with Gasteiger partial charge >= 0.3 is 0 Å². The molecule has 0 spiro atoms. The summed E-state index contributed by atoms with van der Waals surface area (Å²) >= 11 is 0. The second-order valence-electron chi connectivity index (χ2n) is 8.26. The highest BCUT2D eigenvalue weighted by atomic mass is 16.5. The van der Waals surface area contributed by atoms with Crippen LogP contribution in [0.1, 0.15) is 41.0 Å². The number of aliphatic hydroxyl groups excluding tert-OH is 2. The summed E-state index contributed by atoms with van der Waals surface area (Å²) in [5.74, 6) is 2.14. The topological polar surface area (TPSA) is 62.2 Å². The van der Waals surface area contributed by atoms with Gasteiger partial charge in [0.15, 0.2) is 11.5 Å². The van der Waals surface area contributed by atoms with Crippen molar-refractivity contribution in [1.29, 1.82) is 0 Å². The molecule has 0 radical (unpaired) electrons. The Labute approximate surface area is 176 Å². The van der Waals surface area contributed by atoms with Crippen molar-refractivity contribution in [2.45, 2.75) is 38.5 Å². The van der Waals surface area contributed by atoms with Gasteiger partial charge in [0.1, 0.15) is 0 Å². The maximum atomic E-state index is 9.98. The van der Waals surface area contributed by atoms with Crippen molar-refractivity contribution in [2.75, 3.05) is 26.2 Å². The van der Waals surface area contributed by atoms with Crippen LogP contribution in [-0.2, 0) is 19.8 Å². The molecule has 0 aromatic heterocycles. The van der Waals surface area contributed by atoms with Crippen molar-refractivity contribution >= 4 is 16.5 Å². The van der Waals surface area contributed by atoms with Crippen molar-refractivity contribution < 1.29 is 19.7 Å². The van der Waals surface area contributed by atoms with Gasteiger partial charge in [-0.1, -0.05) is 24.3 Å². The standard InChI is InChI=1S/C25H27NO4/c1-26-11-20-16(7-6-15(12-27)21(20)13-28)18-9-8-17-19(24(18)26)10-22(29-2)25(30-3)23(17)14-4-5-14/h6-10,14,27-28H,4-5,11-13H2,1-3H3. The first kappa shape index (κ1) is 19.2. The van der Waals surface area contributed by atoms with Gasteiger partial charge < -0.3 is 24.6 Å². The zero-order valence-corrected chi connectivity index (χ0v) is 17.7. The number of rotatable bonds is 5. The zero-order chi connectivity index (χ0) is 21.0. The summed E-state index contributed by atoms with van der Waals surface area (Å²) in [6, 6.07) is 10.5. The molecule has 0 atom stereocenters. The number of benzene rings is 3. The molecule has 5 nitrogen and oxygen atoms in total. The van der Waals surface area contributed by atoms with E-state index < -0.39 is 0 Å². The highest BCUT2D eigenvalue weighted by molar-refractivity contribution is 6.06. The van der Waals surface area contributed by atoms with Crippen molar-refractivity contribution in [3.8, 4) is 22.6 Å². The lowest BCUT2D eigenvalue weighted by Crippen LogP contribution is -2.24. The Hall–Kier alpha value is -2.76. The highest BCUT2D eigenvalue weighted by Gasteiger charge is 2.33. The molecule has 30 heavy (non-hydrogen) atoms. The minimum absolute atomic E-state index is 0.0702. The van der Waals surface area contributed by atoms with E-state index in [9.17, 15) is 10.2 Å². The first-order valence-corrected chi connectivity index (χ1v) is 10.4. The van der Waals surface area contributed by atoms with Crippen LogP contribution in [0.15, 0.2) is 30.3 Å². The van der Waals surface area contributed by atoms with Crippen molar-refractivity contribution in [3.63, 3.8) is 0 Å². The second kappa shape index (κ2) is 7.18. The van der Waals surface area contributed by atoms with E-state index in [0.717, 1.165) is 44.7 Å². The highest BCUT2D eigenvalue weighted by Crippen LogP contribution is 2.54. The lowest BCUT2D eigenvalue weighted by molar-refractivity contribution is 0.259. The number of nitrogens with zero attached hydrogens (tertiary/aromatic N) is 1. The van der Waals surface area contributed by atoms with E-state index in [-0.39, 0.29) is 13.2 Å². The zero-order valence-electron chi connectivity index (χ0n) is 17.7. The van der Waals surface area contributed by atoms with Crippen LogP contribution in [0.4, 0.5) is 5.69 Å².